The summed E-state index contributed by atoms with van der Waals surface area (Å²) in [6.07, 6.45) is 2.05. The highest BCUT2D eigenvalue weighted by molar-refractivity contribution is 5.74. The molecule has 1 aliphatic rings. The molecule has 0 spiro atoms. The van der Waals surface area contributed by atoms with Crippen LogP contribution in [0.25, 0.3) is 0 Å². The van der Waals surface area contributed by atoms with Crippen LogP contribution in [0.1, 0.15) is 18.1 Å². The molecule has 1 unspecified atom stereocenters. The van der Waals surface area contributed by atoms with E-state index in [1.807, 2.05) is 0 Å². The second kappa shape index (κ2) is 5.55. The van der Waals surface area contributed by atoms with Gasteiger partial charge < -0.3 is 20.9 Å². The number of fused-ring (bicyclic) bond motifs is 1. The molecule has 1 atom stereocenters. The van der Waals surface area contributed by atoms with Crippen LogP contribution in [0.4, 0.5) is 21.5 Å². The minimum atomic E-state index is -0.503. The minimum Gasteiger partial charge on any atom is -0.495 e. The molecule has 22 heavy (non-hydrogen) atoms. The van der Waals surface area contributed by atoms with Crippen LogP contribution >= 0.6 is 0 Å². The van der Waals surface area contributed by atoms with Crippen molar-refractivity contribution in [3.05, 3.63) is 41.7 Å². The summed E-state index contributed by atoms with van der Waals surface area (Å²) >= 11 is 0. The number of methoxy groups -OCH3 is 1. The van der Waals surface area contributed by atoms with Crippen molar-refractivity contribution in [2.75, 3.05) is 18.6 Å². The second-order valence-electron chi connectivity index (χ2n) is 4.99. The molecule has 0 fully saturated rings. The van der Waals surface area contributed by atoms with E-state index in [0.717, 1.165) is 11.3 Å². The lowest BCUT2D eigenvalue weighted by atomic mass is 10.0. The van der Waals surface area contributed by atoms with Gasteiger partial charge in [-0.15, -0.1) is 0 Å². The number of anilines is 2. The molecule has 4 N–H and O–H groups in total. The van der Waals surface area contributed by atoms with Crippen LogP contribution in [0, 0.1) is 5.82 Å². The number of ether oxygens (including phenoxy) is 2. The summed E-state index contributed by atoms with van der Waals surface area (Å²) in [6.45, 7) is 0. The summed E-state index contributed by atoms with van der Waals surface area (Å²) in [5, 5.41) is 0. The number of hydrogen-bond donors (Lipinski definition) is 2. The number of benzene rings is 2. The molecule has 0 amide bonds. The molecular formula is C16H16FN3O2. The van der Waals surface area contributed by atoms with Gasteiger partial charge in [0.05, 0.1) is 24.2 Å². The summed E-state index contributed by atoms with van der Waals surface area (Å²) in [5.74, 6) is 0.471. The molecule has 0 aromatic heterocycles. The first-order valence-corrected chi connectivity index (χ1v) is 6.80. The number of hydrogen-bond acceptors (Lipinski definition) is 5. The van der Waals surface area contributed by atoms with Crippen LogP contribution in [0.5, 0.6) is 11.5 Å². The topological polar surface area (TPSA) is 82.9 Å². The Kier molecular flexibility index (Phi) is 3.58. The fourth-order valence-electron chi connectivity index (χ4n) is 2.38. The number of nitrogens with zero attached hydrogens (tertiary/aromatic N) is 1. The standard InChI is InChI=1S/C16H16FN3O2/c1-21-16-8-14-10(7-13(16)19)15(4-5-20-14)22-9-2-3-12(18)11(17)6-9/h2-3,5-8,15H,4,18-19H2,1H3. The summed E-state index contributed by atoms with van der Waals surface area (Å²) in [4.78, 5) is 4.33. The number of halogens is 1. The van der Waals surface area contributed by atoms with E-state index >= 15 is 0 Å². The fraction of sp³-hybridized carbons (Fsp3) is 0.188. The maximum Gasteiger partial charge on any atom is 0.149 e. The molecule has 0 radical (unpaired) electrons. The lowest BCUT2D eigenvalue weighted by Gasteiger charge is -2.23. The molecule has 0 bridgehead atoms. The molecule has 6 heteroatoms. The molecule has 0 saturated heterocycles. The molecule has 1 heterocycles. The van der Waals surface area contributed by atoms with E-state index in [4.69, 9.17) is 20.9 Å². The number of rotatable bonds is 3. The highest BCUT2D eigenvalue weighted by atomic mass is 19.1. The Morgan fingerprint density at radius 1 is 1.18 bits per heavy atom. The van der Waals surface area contributed by atoms with Crippen molar-refractivity contribution in [1.29, 1.82) is 0 Å². The van der Waals surface area contributed by atoms with Crippen LogP contribution in [-0.4, -0.2) is 13.3 Å². The Morgan fingerprint density at radius 3 is 2.73 bits per heavy atom. The third-order valence-electron chi connectivity index (χ3n) is 3.53. The SMILES string of the molecule is COc1cc2c(cc1N)C(Oc1ccc(N)c(F)c1)CC=N2. The average Bonchev–Trinajstić information content (AvgIpc) is 2.51. The predicted octanol–water partition coefficient (Wildman–Crippen LogP) is 3.22. The van der Waals surface area contributed by atoms with Crippen LogP contribution in [0.2, 0.25) is 0 Å². The Labute approximate surface area is 127 Å². The number of nitrogen functional groups attached to an aromatic ring is 2. The van der Waals surface area contributed by atoms with E-state index in [0.29, 0.717) is 23.6 Å². The van der Waals surface area contributed by atoms with E-state index in [2.05, 4.69) is 4.99 Å². The van der Waals surface area contributed by atoms with Crippen molar-refractivity contribution in [3.8, 4) is 11.5 Å². The van der Waals surface area contributed by atoms with Gasteiger partial charge in [0.1, 0.15) is 23.4 Å². The molecular weight excluding hydrogens is 285 g/mol. The highest BCUT2D eigenvalue weighted by Crippen LogP contribution is 2.39. The van der Waals surface area contributed by atoms with Crippen LogP contribution < -0.4 is 20.9 Å². The van der Waals surface area contributed by atoms with E-state index in [-0.39, 0.29) is 11.8 Å². The van der Waals surface area contributed by atoms with Crippen molar-refractivity contribution in [2.45, 2.75) is 12.5 Å². The van der Waals surface area contributed by atoms with Gasteiger partial charge in [-0.25, -0.2) is 4.39 Å². The maximum absolute atomic E-state index is 13.5. The van der Waals surface area contributed by atoms with Gasteiger partial charge in [-0.05, 0) is 18.2 Å². The zero-order valence-corrected chi connectivity index (χ0v) is 12.0. The Balaban J connectivity index is 1.92. The van der Waals surface area contributed by atoms with Gasteiger partial charge in [0.15, 0.2) is 0 Å². The lowest BCUT2D eigenvalue weighted by molar-refractivity contribution is 0.213. The van der Waals surface area contributed by atoms with Crippen LogP contribution in [-0.2, 0) is 0 Å². The summed E-state index contributed by atoms with van der Waals surface area (Å²) in [6, 6.07) is 7.93. The third-order valence-corrected chi connectivity index (χ3v) is 3.53. The van der Waals surface area contributed by atoms with Crippen molar-refractivity contribution in [3.63, 3.8) is 0 Å². The van der Waals surface area contributed by atoms with Gasteiger partial charge in [0, 0.05) is 30.3 Å². The van der Waals surface area contributed by atoms with Crippen molar-refractivity contribution in [2.24, 2.45) is 4.99 Å². The summed E-state index contributed by atoms with van der Waals surface area (Å²) in [7, 11) is 1.55. The molecule has 5 nitrogen and oxygen atoms in total. The molecule has 0 saturated carbocycles. The zero-order valence-electron chi connectivity index (χ0n) is 12.0. The van der Waals surface area contributed by atoms with Crippen LogP contribution in [0.15, 0.2) is 35.3 Å². The van der Waals surface area contributed by atoms with Gasteiger partial charge in [-0.1, -0.05) is 0 Å². The van der Waals surface area contributed by atoms with Gasteiger partial charge in [-0.3, -0.25) is 4.99 Å². The van der Waals surface area contributed by atoms with E-state index in [1.165, 1.54) is 12.1 Å². The summed E-state index contributed by atoms with van der Waals surface area (Å²) in [5.41, 5.74) is 13.6. The quantitative estimate of drug-likeness (QED) is 0.853. The maximum atomic E-state index is 13.5. The van der Waals surface area contributed by atoms with E-state index in [1.54, 1.807) is 31.5 Å². The van der Waals surface area contributed by atoms with Crippen molar-refractivity contribution in [1.82, 2.24) is 0 Å². The monoisotopic (exact) mass is 301 g/mol. The average molecular weight is 301 g/mol. The van der Waals surface area contributed by atoms with Gasteiger partial charge in [-0.2, -0.15) is 0 Å². The van der Waals surface area contributed by atoms with Crippen LogP contribution in [0.3, 0.4) is 0 Å². The minimum absolute atomic E-state index is 0.0898. The summed E-state index contributed by atoms with van der Waals surface area (Å²) < 4.78 is 24.6. The Bertz CT molecular complexity index is 746. The molecule has 3 rings (SSSR count). The molecule has 2 aromatic rings. The second-order valence-corrected chi connectivity index (χ2v) is 4.99. The zero-order chi connectivity index (χ0) is 15.7. The largest absolute Gasteiger partial charge is 0.495 e. The molecule has 114 valence electrons. The first kappa shape index (κ1) is 14.2. The normalized spacial score (nSPS) is 16.2. The lowest BCUT2D eigenvalue weighted by Crippen LogP contribution is -2.12. The van der Waals surface area contributed by atoms with Crippen molar-refractivity contribution >= 4 is 23.3 Å². The van der Waals surface area contributed by atoms with Gasteiger partial charge in [0.2, 0.25) is 0 Å². The predicted molar refractivity (Wildman–Crippen MR) is 84.4 cm³/mol. The van der Waals surface area contributed by atoms with E-state index in [9.17, 15) is 4.39 Å². The number of nitrogens with two attached hydrogens (primary N) is 2. The van der Waals surface area contributed by atoms with Crippen molar-refractivity contribution < 1.29 is 13.9 Å². The Hall–Kier alpha value is -2.76. The number of aliphatic imine (C=N–C) groups is 1. The first-order chi connectivity index (χ1) is 10.6. The first-order valence-electron chi connectivity index (χ1n) is 6.80. The smallest absolute Gasteiger partial charge is 0.149 e. The fourth-order valence-corrected chi connectivity index (χ4v) is 2.38. The van der Waals surface area contributed by atoms with Gasteiger partial charge >= 0.3 is 0 Å². The molecule has 1 aliphatic heterocycles. The highest BCUT2D eigenvalue weighted by Gasteiger charge is 2.22. The molecule has 0 aliphatic carbocycles. The van der Waals surface area contributed by atoms with Gasteiger partial charge in [0.25, 0.3) is 0 Å². The van der Waals surface area contributed by atoms with E-state index < -0.39 is 5.82 Å². The Morgan fingerprint density at radius 2 is 2.00 bits per heavy atom. The third kappa shape index (κ3) is 2.55. The molecule has 2 aromatic carbocycles.